The van der Waals surface area contributed by atoms with E-state index in [4.69, 9.17) is 11.6 Å². The molecule has 0 fully saturated rings. The highest BCUT2D eigenvalue weighted by Gasteiger charge is 2.10. The zero-order valence-electron chi connectivity index (χ0n) is 9.49. The third kappa shape index (κ3) is 2.92. The van der Waals surface area contributed by atoms with E-state index in [-0.39, 0.29) is 5.91 Å². The van der Waals surface area contributed by atoms with Gasteiger partial charge in [-0.3, -0.25) is 4.79 Å². The maximum absolute atomic E-state index is 12.1. The zero-order chi connectivity index (χ0) is 13.0. The van der Waals surface area contributed by atoms with Gasteiger partial charge in [-0.1, -0.05) is 30.3 Å². The van der Waals surface area contributed by atoms with E-state index in [1.54, 1.807) is 6.07 Å². The van der Waals surface area contributed by atoms with Crippen LogP contribution in [0, 0.1) is 0 Å². The SMILES string of the molecule is O=C(Nc1ccccc1CCl)c1ccccc1Br. The summed E-state index contributed by atoms with van der Waals surface area (Å²) in [5, 5.41) is 2.87. The molecule has 0 heterocycles. The summed E-state index contributed by atoms with van der Waals surface area (Å²) in [7, 11) is 0. The fourth-order valence-corrected chi connectivity index (χ4v) is 2.29. The number of amides is 1. The van der Waals surface area contributed by atoms with Gasteiger partial charge >= 0.3 is 0 Å². The number of rotatable bonds is 3. The lowest BCUT2D eigenvalue weighted by atomic mass is 10.1. The van der Waals surface area contributed by atoms with Crippen molar-refractivity contribution in [2.75, 3.05) is 5.32 Å². The number of hydrogen-bond donors (Lipinski definition) is 1. The standard InChI is InChI=1S/C14H11BrClNO/c15-12-7-3-2-6-11(12)14(18)17-13-8-4-1-5-10(13)9-16/h1-8H,9H2,(H,17,18). The molecule has 0 aliphatic heterocycles. The molecule has 1 amide bonds. The van der Waals surface area contributed by atoms with Crippen LogP contribution in [0.1, 0.15) is 15.9 Å². The molecule has 2 aromatic rings. The van der Waals surface area contributed by atoms with Crippen molar-refractivity contribution in [2.45, 2.75) is 5.88 Å². The third-order valence-corrected chi connectivity index (χ3v) is 3.51. The second-order valence-corrected chi connectivity index (χ2v) is 4.85. The summed E-state index contributed by atoms with van der Waals surface area (Å²) in [4.78, 5) is 12.1. The molecule has 2 nitrogen and oxygen atoms in total. The molecule has 92 valence electrons. The van der Waals surface area contributed by atoms with E-state index in [0.29, 0.717) is 11.4 Å². The van der Waals surface area contributed by atoms with Crippen molar-refractivity contribution in [1.82, 2.24) is 0 Å². The van der Waals surface area contributed by atoms with Crippen LogP contribution >= 0.6 is 27.5 Å². The number of alkyl halides is 1. The second kappa shape index (κ2) is 6.03. The Bertz CT molecular complexity index is 571. The predicted octanol–water partition coefficient (Wildman–Crippen LogP) is 4.44. The molecule has 0 atom stereocenters. The Morgan fingerprint density at radius 1 is 1.11 bits per heavy atom. The second-order valence-electron chi connectivity index (χ2n) is 3.72. The van der Waals surface area contributed by atoms with Crippen molar-refractivity contribution in [3.05, 3.63) is 64.1 Å². The largest absolute Gasteiger partial charge is 0.322 e. The summed E-state index contributed by atoms with van der Waals surface area (Å²) in [6.45, 7) is 0. The smallest absolute Gasteiger partial charge is 0.256 e. The monoisotopic (exact) mass is 323 g/mol. The molecule has 0 saturated carbocycles. The van der Waals surface area contributed by atoms with E-state index in [9.17, 15) is 4.79 Å². The fraction of sp³-hybridized carbons (Fsp3) is 0.0714. The number of carbonyl (C=O) groups excluding carboxylic acids is 1. The minimum absolute atomic E-state index is 0.153. The number of anilines is 1. The third-order valence-electron chi connectivity index (χ3n) is 2.53. The highest BCUT2D eigenvalue weighted by atomic mass is 79.9. The molecule has 4 heteroatoms. The number of hydrogen-bond acceptors (Lipinski definition) is 1. The molecule has 1 N–H and O–H groups in total. The Morgan fingerprint density at radius 2 is 1.78 bits per heavy atom. The van der Waals surface area contributed by atoms with Gasteiger partial charge in [0.15, 0.2) is 0 Å². The average Bonchev–Trinajstić information content (AvgIpc) is 2.39. The van der Waals surface area contributed by atoms with Crippen molar-refractivity contribution in [3.8, 4) is 0 Å². The number of benzene rings is 2. The normalized spacial score (nSPS) is 10.1. The molecule has 0 aliphatic carbocycles. The molecule has 0 spiro atoms. The maximum atomic E-state index is 12.1. The summed E-state index contributed by atoms with van der Waals surface area (Å²) in [6.07, 6.45) is 0. The first-order chi connectivity index (χ1) is 8.72. The maximum Gasteiger partial charge on any atom is 0.256 e. The van der Waals surface area contributed by atoms with Gasteiger partial charge in [-0.05, 0) is 39.7 Å². The fourth-order valence-electron chi connectivity index (χ4n) is 1.59. The van der Waals surface area contributed by atoms with E-state index >= 15 is 0 Å². The van der Waals surface area contributed by atoms with Crippen LogP contribution in [0.3, 0.4) is 0 Å². The Hall–Kier alpha value is -1.32. The Morgan fingerprint density at radius 3 is 2.50 bits per heavy atom. The van der Waals surface area contributed by atoms with Gasteiger partial charge in [0.05, 0.1) is 5.56 Å². The first kappa shape index (κ1) is 13.1. The van der Waals surface area contributed by atoms with Gasteiger partial charge in [-0.2, -0.15) is 0 Å². The predicted molar refractivity (Wildman–Crippen MR) is 78.1 cm³/mol. The van der Waals surface area contributed by atoms with E-state index in [2.05, 4.69) is 21.2 Å². The van der Waals surface area contributed by atoms with Crippen LogP contribution in [0.25, 0.3) is 0 Å². The van der Waals surface area contributed by atoms with Crippen molar-refractivity contribution >= 4 is 39.1 Å². The molecule has 0 bridgehead atoms. The molecule has 0 radical (unpaired) electrons. The molecule has 2 rings (SSSR count). The topological polar surface area (TPSA) is 29.1 Å². The molecule has 0 saturated heterocycles. The molecular weight excluding hydrogens is 314 g/mol. The van der Waals surface area contributed by atoms with Crippen LogP contribution < -0.4 is 5.32 Å². The first-order valence-electron chi connectivity index (χ1n) is 5.42. The molecule has 0 aliphatic rings. The first-order valence-corrected chi connectivity index (χ1v) is 6.75. The van der Waals surface area contributed by atoms with Gasteiger partial charge in [0.2, 0.25) is 0 Å². The Kier molecular flexibility index (Phi) is 4.39. The van der Waals surface area contributed by atoms with Crippen LogP contribution in [-0.2, 0) is 5.88 Å². The van der Waals surface area contributed by atoms with Gasteiger partial charge < -0.3 is 5.32 Å². The highest BCUT2D eigenvalue weighted by molar-refractivity contribution is 9.10. The van der Waals surface area contributed by atoms with Crippen molar-refractivity contribution in [2.24, 2.45) is 0 Å². The minimum Gasteiger partial charge on any atom is -0.322 e. The Labute approximate surface area is 119 Å². The van der Waals surface area contributed by atoms with Crippen molar-refractivity contribution in [3.63, 3.8) is 0 Å². The summed E-state index contributed by atoms with van der Waals surface area (Å²) in [5.74, 6) is 0.215. The lowest BCUT2D eigenvalue weighted by Gasteiger charge is -2.09. The number of nitrogens with one attached hydrogen (secondary N) is 1. The lowest BCUT2D eigenvalue weighted by molar-refractivity contribution is 0.102. The average molecular weight is 325 g/mol. The molecular formula is C14H11BrClNO. The van der Waals surface area contributed by atoms with E-state index in [1.165, 1.54) is 0 Å². The zero-order valence-corrected chi connectivity index (χ0v) is 11.8. The number of carbonyl (C=O) groups is 1. The van der Waals surface area contributed by atoms with Crippen LogP contribution in [-0.4, -0.2) is 5.91 Å². The summed E-state index contributed by atoms with van der Waals surface area (Å²) >= 11 is 9.19. The Balaban J connectivity index is 2.24. The van der Waals surface area contributed by atoms with Crippen LogP contribution in [0.5, 0.6) is 0 Å². The quantitative estimate of drug-likeness (QED) is 0.831. The van der Waals surface area contributed by atoms with Crippen molar-refractivity contribution < 1.29 is 4.79 Å². The minimum atomic E-state index is -0.153. The van der Waals surface area contributed by atoms with Crippen LogP contribution in [0.15, 0.2) is 53.0 Å². The number of halogens is 2. The van der Waals surface area contributed by atoms with E-state index < -0.39 is 0 Å². The lowest BCUT2D eigenvalue weighted by Crippen LogP contribution is -2.13. The summed E-state index contributed by atoms with van der Waals surface area (Å²) < 4.78 is 0.769. The van der Waals surface area contributed by atoms with E-state index in [1.807, 2.05) is 42.5 Å². The van der Waals surface area contributed by atoms with Gasteiger partial charge in [-0.15, -0.1) is 11.6 Å². The summed E-state index contributed by atoms with van der Waals surface area (Å²) in [5.41, 5.74) is 2.25. The molecule has 2 aromatic carbocycles. The number of para-hydroxylation sites is 1. The molecule has 0 unspecified atom stereocenters. The van der Waals surface area contributed by atoms with Gasteiger partial charge in [0.25, 0.3) is 5.91 Å². The van der Waals surface area contributed by atoms with Gasteiger partial charge in [-0.25, -0.2) is 0 Å². The van der Waals surface area contributed by atoms with E-state index in [0.717, 1.165) is 15.7 Å². The molecule has 0 aromatic heterocycles. The van der Waals surface area contributed by atoms with Crippen LogP contribution in [0.2, 0.25) is 0 Å². The molecule has 18 heavy (non-hydrogen) atoms. The summed E-state index contributed by atoms with van der Waals surface area (Å²) in [6, 6.07) is 14.8. The van der Waals surface area contributed by atoms with Crippen LogP contribution in [0.4, 0.5) is 5.69 Å². The van der Waals surface area contributed by atoms with Crippen molar-refractivity contribution in [1.29, 1.82) is 0 Å². The highest BCUT2D eigenvalue weighted by Crippen LogP contribution is 2.21. The van der Waals surface area contributed by atoms with Gasteiger partial charge in [0.1, 0.15) is 0 Å². The van der Waals surface area contributed by atoms with Gasteiger partial charge in [0, 0.05) is 16.0 Å².